The molecule has 19 heavy (non-hydrogen) atoms. The van der Waals surface area contributed by atoms with Gasteiger partial charge in [-0.1, -0.05) is 0 Å². The molecule has 0 N–H and O–H groups in total. The molecule has 0 spiro atoms. The van der Waals surface area contributed by atoms with Gasteiger partial charge in [0, 0.05) is 5.56 Å². The van der Waals surface area contributed by atoms with Gasteiger partial charge in [-0.25, -0.2) is 9.97 Å². The van der Waals surface area contributed by atoms with Gasteiger partial charge in [0.25, 0.3) is 0 Å². The van der Waals surface area contributed by atoms with Crippen LogP contribution in [0.2, 0.25) is 5.28 Å². The first-order chi connectivity index (χ1) is 8.90. The number of methoxy groups -OCH3 is 1. The standard InChI is InChI=1S/C12H8ClF3N2O/c1-19-8-4-2-7(3-5-8)9-6-10(12(14,15)16)18-11(13)17-9/h2-6H,1H3. The second-order valence-electron chi connectivity index (χ2n) is 3.63. The lowest BCUT2D eigenvalue weighted by atomic mass is 10.1. The van der Waals surface area contributed by atoms with E-state index in [4.69, 9.17) is 16.3 Å². The molecule has 0 amide bonds. The van der Waals surface area contributed by atoms with Crippen LogP contribution in [-0.2, 0) is 6.18 Å². The zero-order chi connectivity index (χ0) is 14.0. The minimum Gasteiger partial charge on any atom is -0.497 e. The minimum absolute atomic E-state index is 0.106. The number of benzene rings is 1. The van der Waals surface area contributed by atoms with Crippen molar-refractivity contribution in [2.45, 2.75) is 6.18 Å². The third kappa shape index (κ3) is 3.14. The first-order valence-electron chi connectivity index (χ1n) is 5.16. The van der Waals surface area contributed by atoms with E-state index in [1.807, 2.05) is 0 Å². The van der Waals surface area contributed by atoms with E-state index < -0.39 is 17.2 Å². The topological polar surface area (TPSA) is 35.0 Å². The Hall–Kier alpha value is -1.82. The van der Waals surface area contributed by atoms with Crippen LogP contribution in [-0.4, -0.2) is 17.1 Å². The van der Waals surface area contributed by atoms with E-state index in [-0.39, 0.29) is 5.69 Å². The minimum atomic E-state index is -4.56. The Balaban J connectivity index is 2.46. The lowest BCUT2D eigenvalue weighted by Gasteiger charge is -2.08. The Morgan fingerprint density at radius 3 is 2.26 bits per heavy atom. The SMILES string of the molecule is COc1ccc(-c2cc(C(F)(F)F)nc(Cl)n2)cc1. The van der Waals surface area contributed by atoms with Crippen molar-refractivity contribution in [1.29, 1.82) is 0 Å². The molecular weight excluding hydrogens is 281 g/mol. The van der Waals surface area contributed by atoms with Gasteiger partial charge in [-0.05, 0) is 41.9 Å². The van der Waals surface area contributed by atoms with Crippen molar-refractivity contribution in [3.63, 3.8) is 0 Å². The highest BCUT2D eigenvalue weighted by Crippen LogP contribution is 2.31. The van der Waals surface area contributed by atoms with Gasteiger partial charge in [-0.3, -0.25) is 0 Å². The van der Waals surface area contributed by atoms with Crippen LogP contribution in [0.1, 0.15) is 5.69 Å². The van der Waals surface area contributed by atoms with Crippen molar-refractivity contribution in [1.82, 2.24) is 9.97 Å². The zero-order valence-corrected chi connectivity index (χ0v) is 10.5. The van der Waals surface area contributed by atoms with Crippen LogP contribution in [0, 0.1) is 0 Å². The zero-order valence-electron chi connectivity index (χ0n) is 9.70. The summed E-state index contributed by atoms with van der Waals surface area (Å²) in [6, 6.07) is 7.29. The summed E-state index contributed by atoms with van der Waals surface area (Å²) in [5.74, 6) is 0.597. The largest absolute Gasteiger partial charge is 0.497 e. The highest BCUT2D eigenvalue weighted by Gasteiger charge is 2.33. The number of ether oxygens (including phenoxy) is 1. The lowest BCUT2D eigenvalue weighted by Crippen LogP contribution is -2.09. The first-order valence-corrected chi connectivity index (χ1v) is 5.54. The normalized spacial score (nSPS) is 11.4. The predicted molar refractivity (Wildman–Crippen MR) is 64.0 cm³/mol. The number of rotatable bonds is 2. The van der Waals surface area contributed by atoms with E-state index >= 15 is 0 Å². The van der Waals surface area contributed by atoms with E-state index in [0.29, 0.717) is 11.3 Å². The van der Waals surface area contributed by atoms with E-state index in [1.54, 1.807) is 24.3 Å². The van der Waals surface area contributed by atoms with E-state index in [1.165, 1.54) is 7.11 Å². The maximum atomic E-state index is 12.6. The Kier molecular flexibility index (Phi) is 3.61. The number of nitrogens with zero attached hydrogens (tertiary/aromatic N) is 2. The van der Waals surface area contributed by atoms with E-state index in [9.17, 15) is 13.2 Å². The van der Waals surface area contributed by atoms with Crippen molar-refractivity contribution in [3.8, 4) is 17.0 Å². The molecule has 0 bridgehead atoms. The van der Waals surface area contributed by atoms with Crippen molar-refractivity contribution in [3.05, 3.63) is 41.3 Å². The number of hydrogen-bond acceptors (Lipinski definition) is 3. The van der Waals surface area contributed by atoms with Crippen LogP contribution in [0.4, 0.5) is 13.2 Å². The van der Waals surface area contributed by atoms with Gasteiger partial charge in [-0.2, -0.15) is 13.2 Å². The lowest BCUT2D eigenvalue weighted by molar-refractivity contribution is -0.141. The van der Waals surface area contributed by atoms with Crippen LogP contribution in [0.5, 0.6) is 5.75 Å². The highest BCUT2D eigenvalue weighted by atomic mass is 35.5. The summed E-state index contributed by atoms with van der Waals surface area (Å²) < 4.78 is 42.8. The molecule has 0 saturated carbocycles. The van der Waals surface area contributed by atoms with Crippen LogP contribution in [0.15, 0.2) is 30.3 Å². The highest BCUT2D eigenvalue weighted by molar-refractivity contribution is 6.28. The Labute approximate surface area is 112 Å². The number of alkyl halides is 3. The molecule has 1 aromatic carbocycles. The van der Waals surface area contributed by atoms with Gasteiger partial charge < -0.3 is 4.74 Å². The number of hydrogen-bond donors (Lipinski definition) is 0. The fourth-order valence-electron chi connectivity index (χ4n) is 1.47. The summed E-state index contributed by atoms with van der Waals surface area (Å²) >= 11 is 5.52. The second-order valence-corrected chi connectivity index (χ2v) is 3.97. The monoisotopic (exact) mass is 288 g/mol. The van der Waals surface area contributed by atoms with Gasteiger partial charge in [0.05, 0.1) is 12.8 Å². The fraction of sp³-hybridized carbons (Fsp3) is 0.167. The molecular formula is C12H8ClF3N2O. The molecule has 0 unspecified atom stereocenters. The summed E-state index contributed by atoms with van der Waals surface area (Å²) in [6.45, 7) is 0. The molecule has 0 radical (unpaired) electrons. The molecule has 1 aromatic heterocycles. The van der Waals surface area contributed by atoms with Crippen molar-refractivity contribution in [2.75, 3.05) is 7.11 Å². The molecule has 100 valence electrons. The molecule has 0 aliphatic carbocycles. The summed E-state index contributed by atoms with van der Waals surface area (Å²) in [7, 11) is 1.50. The second kappa shape index (κ2) is 5.05. The summed E-state index contributed by atoms with van der Waals surface area (Å²) in [5.41, 5.74) is -0.469. The Bertz CT molecular complexity index is 585. The van der Waals surface area contributed by atoms with Gasteiger partial charge in [0.1, 0.15) is 11.4 Å². The van der Waals surface area contributed by atoms with E-state index in [2.05, 4.69) is 9.97 Å². The quantitative estimate of drug-likeness (QED) is 0.788. The molecule has 0 aliphatic rings. The van der Waals surface area contributed by atoms with Gasteiger partial charge in [-0.15, -0.1) is 0 Å². The molecule has 2 aromatic rings. The fourth-order valence-corrected chi connectivity index (χ4v) is 1.65. The van der Waals surface area contributed by atoms with Gasteiger partial charge in [0.2, 0.25) is 5.28 Å². The number of halogens is 4. The molecule has 1 heterocycles. The maximum absolute atomic E-state index is 12.6. The van der Waals surface area contributed by atoms with Crippen LogP contribution in [0.3, 0.4) is 0 Å². The number of aromatic nitrogens is 2. The predicted octanol–water partition coefficient (Wildman–Crippen LogP) is 3.82. The summed E-state index contributed by atoms with van der Waals surface area (Å²) in [4.78, 5) is 6.96. The van der Waals surface area contributed by atoms with Crippen LogP contribution in [0.25, 0.3) is 11.3 Å². The molecule has 3 nitrogen and oxygen atoms in total. The first kappa shape index (κ1) is 13.6. The van der Waals surface area contributed by atoms with Gasteiger partial charge >= 0.3 is 6.18 Å². The average molecular weight is 289 g/mol. The summed E-state index contributed by atoms with van der Waals surface area (Å²) in [6.07, 6.45) is -4.56. The smallest absolute Gasteiger partial charge is 0.433 e. The van der Waals surface area contributed by atoms with Gasteiger partial charge in [0.15, 0.2) is 0 Å². The van der Waals surface area contributed by atoms with Crippen molar-refractivity contribution >= 4 is 11.6 Å². The van der Waals surface area contributed by atoms with Crippen molar-refractivity contribution < 1.29 is 17.9 Å². The molecule has 0 atom stereocenters. The van der Waals surface area contributed by atoms with Crippen LogP contribution < -0.4 is 4.74 Å². The summed E-state index contributed by atoms with van der Waals surface area (Å²) in [5, 5.41) is -0.444. The third-order valence-corrected chi connectivity index (χ3v) is 2.54. The maximum Gasteiger partial charge on any atom is 0.433 e. The van der Waals surface area contributed by atoms with Crippen molar-refractivity contribution in [2.24, 2.45) is 0 Å². The Morgan fingerprint density at radius 1 is 1.11 bits per heavy atom. The molecule has 0 aliphatic heterocycles. The molecule has 0 saturated heterocycles. The van der Waals surface area contributed by atoms with Crippen LogP contribution >= 0.6 is 11.6 Å². The Morgan fingerprint density at radius 2 is 1.74 bits per heavy atom. The van der Waals surface area contributed by atoms with E-state index in [0.717, 1.165) is 6.07 Å². The molecule has 2 rings (SSSR count). The molecule has 7 heteroatoms. The average Bonchev–Trinajstić information content (AvgIpc) is 2.37. The molecule has 0 fully saturated rings. The third-order valence-electron chi connectivity index (χ3n) is 2.38.